The summed E-state index contributed by atoms with van der Waals surface area (Å²) >= 11 is 1.47. The highest BCUT2D eigenvalue weighted by Crippen LogP contribution is 2.32. The van der Waals surface area contributed by atoms with Crippen LogP contribution in [0.1, 0.15) is 0 Å². The fourth-order valence-electron chi connectivity index (χ4n) is 1.22. The number of nitrogens with zero attached hydrogens (tertiary/aromatic N) is 2. The first kappa shape index (κ1) is 9.08. The van der Waals surface area contributed by atoms with Gasteiger partial charge in [0.1, 0.15) is 11.4 Å². The van der Waals surface area contributed by atoms with Gasteiger partial charge in [0.25, 0.3) is 0 Å². The molecule has 4 nitrogen and oxygen atoms in total. The third kappa shape index (κ3) is 1.35. The van der Waals surface area contributed by atoms with E-state index in [1.54, 1.807) is 0 Å². The van der Waals surface area contributed by atoms with E-state index in [0.717, 1.165) is 10.4 Å². The van der Waals surface area contributed by atoms with Crippen LogP contribution in [-0.2, 0) is 0 Å². The molecular formula is C9H8N2O2S. The largest absolute Gasteiger partial charge is 0.504 e. The Balaban J connectivity index is 2.81. The number of benzene rings is 1. The van der Waals surface area contributed by atoms with Crippen molar-refractivity contribution < 1.29 is 10.2 Å². The fourth-order valence-corrected chi connectivity index (χ4v) is 1.76. The Hall–Kier alpha value is -1.49. The van der Waals surface area contributed by atoms with Crippen LogP contribution < -0.4 is 0 Å². The monoisotopic (exact) mass is 208 g/mol. The van der Waals surface area contributed by atoms with Gasteiger partial charge < -0.3 is 10.2 Å². The highest BCUT2D eigenvalue weighted by Gasteiger charge is 2.07. The number of hydrogen-bond acceptors (Lipinski definition) is 5. The smallest absolute Gasteiger partial charge is 0.159 e. The Bertz CT molecular complexity index is 487. The molecule has 0 aliphatic rings. The SMILES string of the molecule is CSc1ncnc2cc(O)c(O)cc12. The van der Waals surface area contributed by atoms with Crippen LogP contribution in [0.25, 0.3) is 10.9 Å². The van der Waals surface area contributed by atoms with Gasteiger partial charge in [-0.3, -0.25) is 0 Å². The van der Waals surface area contributed by atoms with Gasteiger partial charge in [0, 0.05) is 11.5 Å². The minimum absolute atomic E-state index is 0.150. The molecule has 1 aromatic heterocycles. The Kier molecular flexibility index (Phi) is 2.17. The van der Waals surface area contributed by atoms with Gasteiger partial charge in [-0.15, -0.1) is 11.8 Å². The molecule has 0 atom stereocenters. The second-order valence-corrected chi connectivity index (χ2v) is 3.54. The lowest BCUT2D eigenvalue weighted by molar-refractivity contribution is 0.404. The molecule has 72 valence electrons. The van der Waals surface area contributed by atoms with Gasteiger partial charge in [0.05, 0.1) is 5.52 Å². The minimum Gasteiger partial charge on any atom is -0.504 e. The molecule has 0 saturated carbocycles. The van der Waals surface area contributed by atoms with Crippen LogP contribution >= 0.6 is 11.8 Å². The maximum atomic E-state index is 9.32. The van der Waals surface area contributed by atoms with E-state index >= 15 is 0 Å². The van der Waals surface area contributed by atoms with Crippen molar-refractivity contribution in [3.63, 3.8) is 0 Å². The van der Waals surface area contributed by atoms with Crippen molar-refractivity contribution in [3.8, 4) is 11.5 Å². The quantitative estimate of drug-likeness (QED) is 0.424. The zero-order valence-electron chi connectivity index (χ0n) is 7.43. The van der Waals surface area contributed by atoms with E-state index in [9.17, 15) is 10.2 Å². The molecule has 2 aromatic rings. The molecule has 0 aliphatic heterocycles. The van der Waals surface area contributed by atoms with Crippen LogP contribution in [-0.4, -0.2) is 26.4 Å². The average molecular weight is 208 g/mol. The van der Waals surface area contributed by atoms with Gasteiger partial charge in [-0.25, -0.2) is 9.97 Å². The number of phenols is 2. The minimum atomic E-state index is -0.164. The van der Waals surface area contributed by atoms with Gasteiger partial charge in [0.2, 0.25) is 0 Å². The zero-order chi connectivity index (χ0) is 10.1. The molecule has 2 N–H and O–H groups in total. The first-order valence-corrected chi connectivity index (χ1v) is 5.15. The number of rotatable bonds is 1. The van der Waals surface area contributed by atoms with Crippen LogP contribution in [0.3, 0.4) is 0 Å². The first-order chi connectivity index (χ1) is 6.72. The summed E-state index contributed by atoms with van der Waals surface area (Å²) in [5.41, 5.74) is 0.625. The summed E-state index contributed by atoms with van der Waals surface area (Å²) in [6.07, 6.45) is 3.33. The summed E-state index contributed by atoms with van der Waals surface area (Å²) in [5.74, 6) is -0.314. The molecule has 5 heteroatoms. The molecule has 0 unspecified atom stereocenters. The molecule has 0 aliphatic carbocycles. The van der Waals surface area contributed by atoms with Crippen molar-refractivity contribution >= 4 is 22.7 Å². The molecular weight excluding hydrogens is 200 g/mol. The molecule has 0 bridgehead atoms. The lowest BCUT2D eigenvalue weighted by atomic mass is 10.2. The normalized spacial score (nSPS) is 10.6. The maximum absolute atomic E-state index is 9.32. The lowest BCUT2D eigenvalue weighted by Gasteiger charge is -2.03. The van der Waals surface area contributed by atoms with Crippen molar-refractivity contribution in [2.45, 2.75) is 5.03 Å². The highest BCUT2D eigenvalue weighted by molar-refractivity contribution is 7.98. The molecule has 2 rings (SSSR count). The van der Waals surface area contributed by atoms with Gasteiger partial charge in [-0.2, -0.15) is 0 Å². The van der Waals surface area contributed by atoms with Crippen molar-refractivity contribution in [1.29, 1.82) is 0 Å². The maximum Gasteiger partial charge on any atom is 0.159 e. The standard InChI is InChI=1S/C9H8N2O2S/c1-14-9-5-2-7(12)8(13)3-6(5)10-4-11-9/h2-4,12-13H,1H3. The Labute approximate surface area is 84.6 Å². The van der Waals surface area contributed by atoms with Crippen LogP contribution in [0.4, 0.5) is 0 Å². The van der Waals surface area contributed by atoms with E-state index in [2.05, 4.69) is 9.97 Å². The average Bonchev–Trinajstić information content (AvgIpc) is 2.19. The Morgan fingerprint density at radius 2 is 1.86 bits per heavy atom. The van der Waals surface area contributed by atoms with Crippen LogP contribution in [0, 0.1) is 0 Å². The van der Waals surface area contributed by atoms with Crippen LogP contribution in [0.2, 0.25) is 0 Å². The molecule has 14 heavy (non-hydrogen) atoms. The molecule has 0 radical (unpaired) electrons. The summed E-state index contributed by atoms with van der Waals surface area (Å²) in [5, 5.41) is 20.1. The third-order valence-corrected chi connectivity index (χ3v) is 2.60. The first-order valence-electron chi connectivity index (χ1n) is 3.93. The number of aromatic nitrogens is 2. The highest BCUT2D eigenvalue weighted by atomic mass is 32.2. The summed E-state index contributed by atoms with van der Waals surface area (Å²) in [6.45, 7) is 0. The van der Waals surface area contributed by atoms with Crippen LogP contribution in [0.5, 0.6) is 11.5 Å². The van der Waals surface area contributed by atoms with E-state index in [0.29, 0.717) is 5.52 Å². The van der Waals surface area contributed by atoms with E-state index in [1.807, 2.05) is 6.26 Å². The van der Waals surface area contributed by atoms with Gasteiger partial charge in [-0.05, 0) is 12.3 Å². The van der Waals surface area contributed by atoms with E-state index < -0.39 is 0 Å². The van der Waals surface area contributed by atoms with E-state index in [1.165, 1.54) is 30.2 Å². The second kappa shape index (κ2) is 3.34. The zero-order valence-corrected chi connectivity index (χ0v) is 8.25. The molecule has 1 heterocycles. The molecule has 1 aromatic carbocycles. The Morgan fingerprint density at radius 3 is 2.57 bits per heavy atom. The molecule has 0 saturated heterocycles. The number of phenolic OH excluding ortho intramolecular Hbond substituents is 2. The molecule has 0 amide bonds. The van der Waals surface area contributed by atoms with E-state index in [4.69, 9.17) is 0 Å². The summed E-state index contributed by atoms with van der Waals surface area (Å²) in [6, 6.07) is 2.89. The van der Waals surface area contributed by atoms with Gasteiger partial charge in [0.15, 0.2) is 11.5 Å². The van der Waals surface area contributed by atoms with Gasteiger partial charge in [-0.1, -0.05) is 0 Å². The van der Waals surface area contributed by atoms with Crippen molar-refractivity contribution in [1.82, 2.24) is 9.97 Å². The number of hydrogen-bond donors (Lipinski definition) is 2. The van der Waals surface area contributed by atoms with Crippen molar-refractivity contribution in [2.24, 2.45) is 0 Å². The predicted molar refractivity (Wildman–Crippen MR) is 54.6 cm³/mol. The topological polar surface area (TPSA) is 66.2 Å². The van der Waals surface area contributed by atoms with E-state index in [-0.39, 0.29) is 11.5 Å². The summed E-state index contributed by atoms with van der Waals surface area (Å²) < 4.78 is 0. The number of aromatic hydroxyl groups is 2. The second-order valence-electron chi connectivity index (χ2n) is 2.74. The molecule has 0 fully saturated rings. The summed E-state index contributed by atoms with van der Waals surface area (Å²) in [4.78, 5) is 8.05. The third-order valence-electron chi connectivity index (χ3n) is 1.89. The Morgan fingerprint density at radius 1 is 1.14 bits per heavy atom. The van der Waals surface area contributed by atoms with Crippen molar-refractivity contribution in [3.05, 3.63) is 18.5 Å². The number of fused-ring (bicyclic) bond motifs is 1. The predicted octanol–water partition coefficient (Wildman–Crippen LogP) is 1.76. The lowest BCUT2D eigenvalue weighted by Crippen LogP contribution is -1.85. The molecule has 0 spiro atoms. The fraction of sp³-hybridized carbons (Fsp3) is 0.111. The van der Waals surface area contributed by atoms with Gasteiger partial charge >= 0.3 is 0 Å². The number of thioether (sulfide) groups is 1. The van der Waals surface area contributed by atoms with Crippen LogP contribution in [0.15, 0.2) is 23.5 Å². The summed E-state index contributed by atoms with van der Waals surface area (Å²) in [7, 11) is 0. The van der Waals surface area contributed by atoms with Crippen molar-refractivity contribution in [2.75, 3.05) is 6.26 Å².